The van der Waals surface area contributed by atoms with Crippen LogP contribution in [0.15, 0.2) is 0 Å². The molecule has 0 unspecified atom stereocenters. The Labute approximate surface area is 43.5 Å². The lowest BCUT2D eigenvalue weighted by molar-refractivity contribution is 1.28. The molecule has 0 saturated carbocycles. The summed E-state index contributed by atoms with van der Waals surface area (Å²) in [6.07, 6.45) is 2.09. The van der Waals surface area contributed by atoms with Crippen molar-refractivity contribution in [2.24, 2.45) is 0 Å². The van der Waals surface area contributed by atoms with Gasteiger partial charge in [-0.1, -0.05) is 0 Å². The summed E-state index contributed by atoms with van der Waals surface area (Å²) in [5.41, 5.74) is 0. The highest BCUT2D eigenvalue weighted by Gasteiger charge is 1.64. The first-order valence-electron chi connectivity index (χ1n) is 1.96. The van der Waals surface area contributed by atoms with E-state index in [0.29, 0.717) is 0 Å². The van der Waals surface area contributed by atoms with Crippen LogP contribution in [0.4, 0.5) is 0 Å². The summed E-state index contributed by atoms with van der Waals surface area (Å²) in [6, 6.07) is 0. The Balaban J connectivity index is 2.34. The van der Waals surface area contributed by atoms with Crippen molar-refractivity contribution in [3.63, 3.8) is 0 Å². The van der Waals surface area contributed by atoms with Gasteiger partial charge in [-0.2, -0.15) is 18.8 Å². The van der Waals surface area contributed by atoms with Gasteiger partial charge in [-0.25, -0.2) is 0 Å². The van der Waals surface area contributed by atoms with Crippen molar-refractivity contribution in [3.8, 4) is 0 Å². The Kier molecular flexibility index (Phi) is 5.58. The minimum absolute atomic E-state index is 1.00. The van der Waals surface area contributed by atoms with Crippen LogP contribution in [0.3, 0.4) is 0 Å². The topological polar surface area (TPSA) is 14.1 Å². The van der Waals surface area contributed by atoms with Crippen LogP contribution in [-0.4, -0.2) is 25.6 Å². The first kappa shape index (κ1) is 6.31. The van der Waals surface area contributed by atoms with Gasteiger partial charge < -0.3 is 5.32 Å². The van der Waals surface area contributed by atoms with Crippen molar-refractivity contribution in [2.75, 3.05) is 25.6 Å². The van der Waals surface area contributed by atoms with Gasteiger partial charge in [0.1, 0.15) is 0 Å². The van der Waals surface area contributed by atoms with E-state index >= 15 is 0 Å². The van der Waals surface area contributed by atoms with Crippen LogP contribution in [0.5, 0.6) is 0 Å². The molecule has 0 aliphatic heterocycles. The van der Waals surface area contributed by atoms with Crippen LogP contribution < -0.4 is 0 Å². The number of hydrogen-bond acceptors (Lipinski definition) is 1. The summed E-state index contributed by atoms with van der Waals surface area (Å²) in [5.74, 6) is 1.16. The zero-order chi connectivity index (χ0) is 4.83. The molecule has 0 radical (unpaired) electrons. The van der Waals surface area contributed by atoms with Crippen molar-refractivity contribution >= 4 is 11.8 Å². The second-order valence-corrected chi connectivity index (χ2v) is 2.02. The predicted octanol–water partition coefficient (Wildman–Crippen LogP) is 1.35. The van der Waals surface area contributed by atoms with Gasteiger partial charge in [0.2, 0.25) is 0 Å². The normalized spacial score (nSPS) is 9.00. The summed E-state index contributed by atoms with van der Waals surface area (Å²) in [7, 11) is 1.84. The van der Waals surface area contributed by atoms with Crippen LogP contribution >= 0.6 is 11.8 Å². The van der Waals surface area contributed by atoms with Gasteiger partial charge in [-0.05, 0) is 12.0 Å². The zero-order valence-electron chi connectivity index (χ0n) is 4.27. The molecule has 2 heteroatoms. The molecule has 0 atom stereocenters. The smallest absolute Gasteiger partial charge is 0.0185 e. The third-order valence-electron chi connectivity index (χ3n) is 0.519. The molecule has 0 rings (SSSR count). The maximum Gasteiger partial charge on any atom is -0.0185 e. The number of rotatable bonds is 3. The molecule has 0 heterocycles. The quantitative estimate of drug-likeness (QED) is 0.493. The predicted molar refractivity (Wildman–Crippen MR) is 32.5 cm³/mol. The van der Waals surface area contributed by atoms with Gasteiger partial charge in [-0.15, -0.1) is 6.54 Å². The number of hydrogen-bond donors (Lipinski definition) is 0. The maximum atomic E-state index is 3.90. The van der Waals surface area contributed by atoms with Crippen molar-refractivity contribution in [1.82, 2.24) is 0 Å². The molecular formula is C4H10NS-. The van der Waals surface area contributed by atoms with Gasteiger partial charge in [0.15, 0.2) is 0 Å². The molecule has 0 bridgehead atoms. The number of nitrogens with zero attached hydrogens (tertiary/aromatic N) is 1. The van der Waals surface area contributed by atoms with Gasteiger partial charge in [-0.3, -0.25) is 0 Å². The summed E-state index contributed by atoms with van der Waals surface area (Å²) in [4.78, 5) is 0. The van der Waals surface area contributed by atoms with E-state index in [-0.39, 0.29) is 0 Å². The van der Waals surface area contributed by atoms with Crippen LogP contribution in [0.2, 0.25) is 0 Å². The van der Waals surface area contributed by atoms with E-state index in [2.05, 4.69) is 11.6 Å². The van der Waals surface area contributed by atoms with E-state index in [0.717, 1.165) is 12.3 Å². The van der Waals surface area contributed by atoms with Crippen LogP contribution in [0.1, 0.15) is 0 Å². The summed E-state index contributed by atoms with van der Waals surface area (Å²) in [6.45, 7) is 1.00. The standard InChI is InChI=1S/C4H10NS/c1-5-3-4-6-2/h3-4H2,1-2H3/q-1. The molecule has 6 heavy (non-hydrogen) atoms. The monoisotopic (exact) mass is 104 g/mol. The molecule has 0 aromatic heterocycles. The lowest BCUT2D eigenvalue weighted by Gasteiger charge is -2.06. The van der Waals surface area contributed by atoms with E-state index < -0.39 is 0 Å². The van der Waals surface area contributed by atoms with Crippen LogP contribution in [0, 0.1) is 0 Å². The molecule has 38 valence electrons. The van der Waals surface area contributed by atoms with Gasteiger partial charge in [0.05, 0.1) is 0 Å². The van der Waals surface area contributed by atoms with E-state index in [1.807, 2.05) is 18.8 Å². The third-order valence-corrected chi connectivity index (χ3v) is 1.11. The zero-order valence-corrected chi connectivity index (χ0v) is 5.09. The minimum atomic E-state index is 1.00. The van der Waals surface area contributed by atoms with Crippen molar-refractivity contribution in [2.45, 2.75) is 0 Å². The maximum absolute atomic E-state index is 3.90. The first-order chi connectivity index (χ1) is 2.91. The SMILES string of the molecule is C[N-]CCSC. The fraction of sp³-hybridized carbons (Fsp3) is 1.00. The van der Waals surface area contributed by atoms with E-state index in [9.17, 15) is 0 Å². The average molecular weight is 104 g/mol. The van der Waals surface area contributed by atoms with Gasteiger partial charge in [0.25, 0.3) is 0 Å². The minimum Gasteiger partial charge on any atom is -0.664 e. The van der Waals surface area contributed by atoms with Crippen LogP contribution in [0.25, 0.3) is 5.32 Å². The fourth-order valence-corrected chi connectivity index (χ4v) is 0.548. The lowest BCUT2D eigenvalue weighted by Crippen LogP contribution is -1.81. The van der Waals surface area contributed by atoms with Crippen molar-refractivity contribution < 1.29 is 0 Å². The highest BCUT2D eigenvalue weighted by Crippen LogP contribution is 1.90. The molecule has 0 aromatic carbocycles. The Bertz CT molecular complexity index is 19.5. The Morgan fingerprint density at radius 1 is 1.67 bits per heavy atom. The highest BCUT2D eigenvalue weighted by molar-refractivity contribution is 7.98. The van der Waals surface area contributed by atoms with E-state index in [1.54, 1.807) is 0 Å². The molecule has 0 amide bonds. The Morgan fingerprint density at radius 3 is 2.50 bits per heavy atom. The van der Waals surface area contributed by atoms with E-state index in [1.165, 1.54) is 0 Å². The Hall–Kier alpha value is 0.310. The molecular weight excluding hydrogens is 94.1 g/mol. The molecule has 0 aliphatic carbocycles. The molecule has 0 spiro atoms. The molecule has 0 aromatic rings. The molecule has 0 fully saturated rings. The highest BCUT2D eigenvalue weighted by atomic mass is 32.2. The van der Waals surface area contributed by atoms with Crippen molar-refractivity contribution in [3.05, 3.63) is 5.32 Å². The molecule has 0 aliphatic rings. The third kappa shape index (κ3) is 4.31. The van der Waals surface area contributed by atoms with Gasteiger partial charge >= 0.3 is 0 Å². The van der Waals surface area contributed by atoms with E-state index in [4.69, 9.17) is 0 Å². The molecule has 0 saturated heterocycles. The average Bonchev–Trinajstić information content (AvgIpc) is 1.61. The second kappa shape index (κ2) is 5.31. The largest absolute Gasteiger partial charge is 0.664 e. The summed E-state index contributed by atoms with van der Waals surface area (Å²) in [5, 5.41) is 3.90. The lowest BCUT2D eigenvalue weighted by atomic mass is 10.8. The second-order valence-electron chi connectivity index (χ2n) is 1.03. The van der Waals surface area contributed by atoms with Crippen LogP contribution in [-0.2, 0) is 0 Å². The Morgan fingerprint density at radius 2 is 2.33 bits per heavy atom. The fourth-order valence-electron chi connectivity index (χ4n) is 0.183. The van der Waals surface area contributed by atoms with Gasteiger partial charge in [0, 0.05) is 0 Å². The van der Waals surface area contributed by atoms with Crippen molar-refractivity contribution in [1.29, 1.82) is 0 Å². The number of thioether (sulfide) groups is 1. The molecule has 0 N–H and O–H groups in total. The summed E-state index contributed by atoms with van der Waals surface area (Å²) >= 11 is 1.83. The molecule has 1 nitrogen and oxygen atoms in total. The summed E-state index contributed by atoms with van der Waals surface area (Å²) < 4.78 is 0. The first-order valence-corrected chi connectivity index (χ1v) is 3.35.